The number of carbonyl (C=O) groups is 1. The van der Waals surface area contributed by atoms with E-state index in [0.717, 1.165) is 18.4 Å². The van der Waals surface area contributed by atoms with E-state index in [0.29, 0.717) is 12.3 Å². The lowest BCUT2D eigenvalue weighted by molar-refractivity contribution is -0.136. The number of alkyl halides is 1. The van der Waals surface area contributed by atoms with Gasteiger partial charge in [0.05, 0.1) is 7.11 Å². The summed E-state index contributed by atoms with van der Waals surface area (Å²) in [7, 11) is 1.40. The number of hydrogen-bond acceptors (Lipinski definition) is 2. The number of ether oxygens (including phenoxy) is 1. The van der Waals surface area contributed by atoms with Crippen molar-refractivity contribution in [1.82, 2.24) is 0 Å². The monoisotopic (exact) mass is 190 g/mol. The zero-order valence-electron chi connectivity index (χ0n) is 7.60. The summed E-state index contributed by atoms with van der Waals surface area (Å²) in [5, 5.41) is 0. The summed E-state index contributed by atoms with van der Waals surface area (Å²) < 4.78 is 4.61. The minimum Gasteiger partial charge on any atom is -0.466 e. The molecule has 0 aromatic heterocycles. The molecule has 0 atom stereocenters. The van der Waals surface area contributed by atoms with Gasteiger partial charge in [-0.3, -0.25) is 0 Å². The summed E-state index contributed by atoms with van der Waals surface area (Å²) in [6.07, 6.45) is 4.28. The molecule has 0 saturated heterocycles. The van der Waals surface area contributed by atoms with Crippen LogP contribution in [0.15, 0.2) is 11.6 Å². The van der Waals surface area contributed by atoms with Crippen LogP contribution in [0.1, 0.15) is 26.2 Å². The van der Waals surface area contributed by atoms with Crippen LogP contribution in [-0.2, 0) is 9.53 Å². The molecule has 3 heteroatoms. The van der Waals surface area contributed by atoms with Crippen LogP contribution in [0.4, 0.5) is 0 Å². The van der Waals surface area contributed by atoms with E-state index >= 15 is 0 Å². The van der Waals surface area contributed by atoms with Gasteiger partial charge in [-0.2, -0.15) is 0 Å². The number of esters is 1. The summed E-state index contributed by atoms with van der Waals surface area (Å²) in [6.45, 7) is 1.99. The van der Waals surface area contributed by atoms with Crippen molar-refractivity contribution >= 4 is 17.6 Å². The molecule has 0 aliphatic carbocycles. The fourth-order valence-corrected chi connectivity index (χ4v) is 1.06. The molecule has 70 valence electrons. The maximum Gasteiger partial charge on any atom is 0.333 e. The number of methoxy groups -OCH3 is 1. The molecule has 0 rings (SSSR count). The van der Waals surface area contributed by atoms with Crippen molar-refractivity contribution in [2.75, 3.05) is 13.0 Å². The van der Waals surface area contributed by atoms with Gasteiger partial charge in [-0.25, -0.2) is 4.79 Å². The Labute approximate surface area is 78.5 Å². The predicted octanol–water partition coefficient (Wildman–Crippen LogP) is 2.51. The van der Waals surface area contributed by atoms with E-state index in [1.807, 2.05) is 13.0 Å². The Morgan fingerprint density at radius 3 is 2.67 bits per heavy atom. The van der Waals surface area contributed by atoms with E-state index in [4.69, 9.17) is 11.6 Å². The summed E-state index contributed by atoms with van der Waals surface area (Å²) in [5.74, 6) is 0.347. The molecule has 2 nitrogen and oxygen atoms in total. The first kappa shape index (κ1) is 11.5. The highest BCUT2D eigenvalue weighted by Crippen LogP contribution is 2.08. The van der Waals surface area contributed by atoms with Crippen molar-refractivity contribution in [2.24, 2.45) is 0 Å². The van der Waals surface area contributed by atoms with Gasteiger partial charge in [0.2, 0.25) is 0 Å². The molecule has 0 heterocycles. The van der Waals surface area contributed by atoms with Crippen LogP contribution in [-0.4, -0.2) is 19.0 Å². The van der Waals surface area contributed by atoms with Crippen LogP contribution in [0.25, 0.3) is 0 Å². The average molecular weight is 191 g/mol. The second-order valence-electron chi connectivity index (χ2n) is 2.42. The van der Waals surface area contributed by atoms with Gasteiger partial charge in [0.25, 0.3) is 0 Å². The van der Waals surface area contributed by atoms with Crippen LogP contribution < -0.4 is 0 Å². The van der Waals surface area contributed by atoms with E-state index in [2.05, 4.69) is 4.74 Å². The lowest BCUT2D eigenvalue weighted by atomic mass is 10.1. The van der Waals surface area contributed by atoms with Gasteiger partial charge in [-0.1, -0.05) is 13.0 Å². The van der Waals surface area contributed by atoms with E-state index in [9.17, 15) is 4.79 Å². The van der Waals surface area contributed by atoms with Gasteiger partial charge < -0.3 is 4.74 Å². The van der Waals surface area contributed by atoms with E-state index < -0.39 is 0 Å². The Kier molecular flexibility index (Phi) is 6.87. The maximum absolute atomic E-state index is 11.1. The van der Waals surface area contributed by atoms with Gasteiger partial charge >= 0.3 is 5.97 Å². The first-order valence-corrected chi connectivity index (χ1v) is 4.63. The number of halogens is 1. The Bertz CT molecular complexity index is 164. The Morgan fingerprint density at radius 1 is 1.58 bits per heavy atom. The van der Waals surface area contributed by atoms with Crippen LogP contribution >= 0.6 is 11.6 Å². The number of hydrogen-bond donors (Lipinski definition) is 0. The molecule has 0 unspecified atom stereocenters. The SMILES string of the molecule is CC/C=C(\CCCCl)C(=O)OC. The molecule has 12 heavy (non-hydrogen) atoms. The molecular formula is C9H15ClO2. The van der Waals surface area contributed by atoms with Crippen LogP contribution in [0.5, 0.6) is 0 Å². The lowest BCUT2D eigenvalue weighted by Gasteiger charge is -2.02. The molecule has 0 amide bonds. The molecule has 0 bridgehead atoms. The minimum atomic E-state index is -0.234. The molecule has 0 aromatic rings. The zero-order chi connectivity index (χ0) is 9.40. The summed E-state index contributed by atoms with van der Waals surface area (Å²) >= 11 is 5.51. The van der Waals surface area contributed by atoms with Crippen LogP contribution in [0.2, 0.25) is 0 Å². The fraction of sp³-hybridized carbons (Fsp3) is 0.667. The minimum absolute atomic E-state index is 0.234. The normalized spacial score (nSPS) is 11.4. The maximum atomic E-state index is 11.1. The third-order valence-corrected chi connectivity index (χ3v) is 1.75. The lowest BCUT2D eigenvalue weighted by Crippen LogP contribution is -2.04. The standard InChI is InChI=1S/C9H15ClO2/c1-3-5-8(6-4-7-10)9(11)12-2/h5H,3-4,6-7H2,1-2H3/b8-5+. The predicted molar refractivity (Wildman–Crippen MR) is 50.3 cm³/mol. The molecule has 0 aromatic carbocycles. The van der Waals surface area contributed by atoms with Crippen molar-refractivity contribution in [3.05, 3.63) is 11.6 Å². The summed E-state index contributed by atoms with van der Waals surface area (Å²) in [5.41, 5.74) is 0.737. The fourth-order valence-electron chi connectivity index (χ4n) is 0.922. The number of carbonyl (C=O) groups excluding carboxylic acids is 1. The van der Waals surface area contributed by atoms with Crippen LogP contribution in [0, 0.1) is 0 Å². The van der Waals surface area contributed by atoms with Crippen molar-refractivity contribution in [2.45, 2.75) is 26.2 Å². The summed E-state index contributed by atoms with van der Waals surface area (Å²) in [6, 6.07) is 0. The van der Waals surface area contributed by atoms with Crippen molar-refractivity contribution in [3.8, 4) is 0 Å². The van der Waals surface area contributed by atoms with Crippen LogP contribution in [0.3, 0.4) is 0 Å². The highest BCUT2D eigenvalue weighted by molar-refractivity contribution is 6.17. The van der Waals surface area contributed by atoms with Crippen molar-refractivity contribution in [1.29, 1.82) is 0 Å². The van der Waals surface area contributed by atoms with Gasteiger partial charge in [-0.05, 0) is 19.3 Å². The van der Waals surface area contributed by atoms with Crippen molar-refractivity contribution < 1.29 is 9.53 Å². The van der Waals surface area contributed by atoms with E-state index in [1.165, 1.54) is 7.11 Å². The zero-order valence-corrected chi connectivity index (χ0v) is 8.36. The van der Waals surface area contributed by atoms with E-state index in [-0.39, 0.29) is 5.97 Å². The Morgan fingerprint density at radius 2 is 2.25 bits per heavy atom. The molecule has 0 aliphatic heterocycles. The smallest absolute Gasteiger partial charge is 0.333 e. The second kappa shape index (κ2) is 7.17. The Hall–Kier alpha value is -0.500. The quantitative estimate of drug-likeness (QED) is 0.378. The molecule has 0 saturated carbocycles. The molecule has 0 fully saturated rings. The largest absolute Gasteiger partial charge is 0.466 e. The van der Waals surface area contributed by atoms with Gasteiger partial charge in [0.1, 0.15) is 0 Å². The first-order chi connectivity index (χ1) is 5.76. The van der Waals surface area contributed by atoms with Gasteiger partial charge in [0, 0.05) is 11.5 Å². The molecule has 0 spiro atoms. The molecule has 0 N–H and O–H groups in total. The topological polar surface area (TPSA) is 26.3 Å². The summed E-state index contributed by atoms with van der Waals surface area (Å²) in [4.78, 5) is 11.1. The third-order valence-electron chi connectivity index (χ3n) is 1.48. The molecular weight excluding hydrogens is 176 g/mol. The van der Waals surface area contributed by atoms with Gasteiger partial charge in [-0.15, -0.1) is 11.6 Å². The third kappa shape index (κ3) is 4.39. The highest BCUT2D eigenvalue weighted by Gasteiger charge is 2.07. The molecule has 0 aliphatic rings. The van der Waals surface area contributed by atoms with Crippen molar-refractivity contribution in [3.63, 3.8) is 0 Å². The first-order valence-electron chi connectivity index (χ1n) is 4.09. The average Bonchev–Trinajstić information content (AvgIpc) is 2.11. The molecule has 0 radical (unpaired) electrons. The highest BCUT2D eigenvalue weighted by atomic mass is 35.5. The second-order valence-corrected chi connectivity index (χ2v) is 2.80. The number of rotatable bonds is 5. The number of allylic oxidation sites excluding steroid dienone is 1. The van der Waals surface area contributed by atoms with Gasteiger partial charge in [0.15, 0.2) is 0 Å². The Balaban J connectivity index is 4.04. The van der Waals surface area contributed by atoms with E-state index in [1.54, 1.807) is 0 Å².